The first-order valence-corrected chi connectivity index (χ1v) is 35.1. The smallest absolute Gasteiger partial charge is 0.220 e. The van der Waals surface area contributed by atoms with Crippen LogP contribution in [-0.2, 0) is 23.7 Å². The second kappa shape index (κ2) is 54.6. The van der Waals surface area contributed by atoms with Crippen LogP contribution in [0, 0.1) is 0 Å². The standard InChI is InChI=1S/C69H131NO13/c1-3-5-7-9-11-13-14-15-16-17-18-19-20-21-22-23-24-25-26-27-28-29-30-31-32-33-34-35-36-37-38-39-40-41-42-43-44-45-47-49-51-53-61(74)70-57(58(73)52-50-48-46-12-10-8-6-4-2)56-80-68-66(79)64(77)67(60(55-72)82-68)83-69-65(78)63(76)62(75)59(54-71)81-69/h14-15,17-18,57-60,62-69,71-73,75-79H,3-13,16,19-56H2,1-2H3,(H,70,74)/b15-14-,18-17-. The van der Waals surface area contributed by atoms with Crippen molar-refractivity contribution >= 4 is 5.91 Å². The topological polar surface area (TPSA) is 228 Å². The van der Waals surface area contributed by atoms with E-state index >= 15 is 0 Å². The number of ether oxygens (including phenoxy) is 4. The maximum absolute atomic E-state index is 13.2. The summed E-state index contributed by atoms with van der Waals surface area (Å²) in [7, 11) is 0. The van der Waals surface area contributed by atoms with Gasteiger partial charge in [-0.25, -0.2) is 0 Å². The summed E-state index contributed by atoms with van der Waals surface area (Å²) in [5.74, 6) is -0.204. The Kier molecular flexibility index (Phi) is 51.0. The van der Waals surface area contributed by atoms with E-state index in [9.17, 15) is 45.6 Å². The van der Waals surface area contributed by atoms with Crippen molar-refractivity contribution in [1.29, 1.82) is 0 Å². The van der Waals surface area contributed by atoms with Crippen molar-refractivity contribution in [3.05, 3.63) is 24.3 Å². The van der Waals surface area contributed by atoms with Gasteiger partial charge in [-0.1, -0.05) is 289 Å². The SMILES string of the molecule is CCCCCCC/C=C\C/C=C\CCCCCCCCCCCCCCCCCCCCCCCCCCCCCCCC(=O)NC(COC1OC(CO)C(OC2OC(CO)C(O)C(O)C2O)C(O)C1O)C(O)CCCCCCCCCC. The summed E-state index contributed by atoms with van der Waals surface area (Å²) in [5.41, 5.74) is 0. The number of allylic oxidation sites excluding steroid dienone is 4. The first-order chi connectivity index (χ1) is 40.6. The van der Waals surface area contributed by atoms with Crippen molar-refractivity contribution in [3.8, 4) is 0 Å². The van der Waals surface area contributed by atoms with Crippen LogP contribution in [0.4, 0.5) is 0 Å². The zero-order valence-corrected chi connectivity index (χ0v) is 53.2. The third kappa shape index (κ3) is 39.2. The van der Waals surface area contributed by atoms with Crippen molar-refractivity contribution in [2.45, 2.75) is 389 Å². The van der Waals surface area contributed by atoms with E-state index in [0.717, 1.165) is 57.8 Å². The van der Waals surface area contributed by atoms with Crippen LogP contribution in [0.15, 0.2) is 24.3 Å². The average Bonchev–Trinajstić information content (AvgIpc) is 3.45. The molecule has 0 aliphatic carbocycles. The van der Waals surface area contributed by atoms with Crippen molar-refractivity contribution < 1.29 is 64.6 Å². The molecule has 2 rings (SSSR count). The Bertz CT molecular complexity index is 1490. The number of hydrogen-bond acceptors (Lipinski definition) is 13. The van der Waals surface area contributed by atoms with Gasteiger partial charge >= 0.3 is 0 Å². The summed E-state index contributed by atoms with van der Waals surface area (Å²) in [6.45, 7) is 2.83. The van der Waals surface area contributed by atoms with Crippen LogP contribution in [0.25, 0.3) is 0 Å². The molecule has 1 amide bonds. The molecule has 2 fully saturated rings. The summed E-state index contributed by atoms with van der Waals surface area (Å²) in [6, 6.07) is -0.823. The molecule has 0 radical (unpaired) electrons. The zero-order valence-electron chi connectivity index (χ0n) is 53.2. The van der Waals surface area contributed by atoms with Crippen LogP contribution in [0.2, 0.25) is 0 Å². The van der Waals surface area contributed by atoms with Crippen LogP contribution in [-0.4, -0.2) is 140 Å². The third-order valence-corrected chi connectivity index (χ3v) is 17.4. The number of carbonyl (C=O) groups excluding carboxylic acids is 1. The Morgan fingerprint density at radius 1 is 0.434 bits per heavy atom. The predicted molar refractivity (Wildman–Crippen MR) is 337 cm³/mol. The number of aliphatic hydroxyl groups excluding tert-OH is 8. The molecule has 12 unspecified atom stereocenters. The lowest BCUT2D eigenvalue weighted by Crippen LogP contribution is -2.65. The monoisotopic (exact) mass is 1180 g/mol. The van der Waals surface area contributed by atoms with E-state index in [4.69, 9.17) is 18.9 Å². The lowest BCUT2D eigenvalue weighted by molar-refractivity contribution is -0.359. The minimum Gasteiger partial charge on any atom is -0.394 e. The minimum atomic E-state index is -1.78. The van der Waals surface area contributed by atoms with Gasteiger partial charge in [0.1, 0.15) is 48.8 Å². The molecule has 83 heavy (non-hydrogen) atoms. The highest BCUT2D eigenvalue weighted by Crippen LogP contribution is 2.30. The first-order valence-electron chi connectivity index (χ1n) is 35.1. The van der Waals surface area contributed by atoms with Gasteiger partial charge in [-0.3, -0.25) is 4.79 Å². The van der Waals surface area contributed by atoms with Gasteiger partial charge in [0.25, 0.3) is 0 Å². The zero-order chi connectivity index (χ0) is 60.2. The molecule has 2 aliphatic heterocycles. The molecule has 2 saturated heterocycles. The molecule has 0 bridgehead atoms. The molecule has 0 spiro atoms. The molecule has 12 atom stereocenters. The third-order valence-electron chi connectivity index (χ3n) is 17.4. The van der Waals surface area contributed by atoms with E-state index in [1.54, 1.807) is 0 Å². The fraction of sp³-hybridized carbons (Fsp3) is 0.928. The van der Waals surface area contributed by atoms with Crippen molar-refractivity contribution in [1.82, 2.24) is 5.32 Å². The number of hydrogen-bond donors (Lipinski definition) is 9. The number of aliphatic hydroxyl groups is 8. The maximum atomic E-state index is 13.2. The maximum Gasteiger partial charge on any atom is 0.220 e. The van der Waals surface area contributed by atoms with E-state index in [1.165, 1.54) is 231 Å². The highest BCUT2D eigenvalue weighted by molar-refractivity contribution is 5.76. The predicted octanol–water partition coefficient (Wildman–Crippen LogP) is 14.0. The van der Waals surface area contributed by atoms with Crippen molar-refractivity contribution in [2.75, 3.05) is 19.8 Å². The van der Waals surface area contributed by atoms with Gasteiger partial charge in [0, 0.05) is 6.42 Å². The molecule has 14 heteroatoms. The molecule has 14 nitrogen and oxygen atoms in total. The Morgan fingerprint density at radius 2 is 0.795 bits per heavy atom. The molecule has 0 aromatic rings. The summed E-state index contributed by atoms with van der Waals surface area (Å²) < 4.78 is 22.8. The van der Waals surface area contributed by atoms with Crippen molar-refractivity contribution in [3.63, 3.8) is 0 Å². The Labute approximate surface area is 507 Å². The number of nitrogens with one attached hydrogen (secondary N) is 1. The summed E-state index contributed by atoms with van der Waals surface area (Å²) in [6.07, 6.45) is 51.3. The van der Waals surface area contributed by atoms with Gasteiger partial charge in [-0.2, -0.15) is 0 Å². The summed E-state index contributed by atoms with van der Waals surface area (Å²) >= 11 is 0. The number of rotatable bonds is 58. The van der Waals surface area contributed by atoms with Crippen LogP contribution in [0.1, 0.15) is 316 Å². The second-order valence-corrected chi connectivity index (χ2v) is 25.0. The molecule has 0 aromatic heterocycles. The molecule has 2 aliphatic rings. The van der Waals surface area contributed by atoms with E-state index < -0.39 is 86.8 Å². The van der Waals surface area contributed by atoms with E-state index in [-0.39, 0.29) is 12.5 Å². The van der Waals surface area contributed by atoms with Crippen LogP contribution >= 0.6 is 0 Å². The summed E-state index contributed by atoms with van der Waals surface area (Å²) in [5, 5.41) is 87.0. The van der Waals surface area contributed by atoms with Gasteiger partial charge in [0.2, 0.25) is 5.91 Å². The first kappa shape index (κ1) is 77.6. The summed E-state index contributed by atoms with van der Waals surface area (Å²) in [4.78, 5) is 13.2. The lowest BCUT2D eigenvalue weighted by Gasteiger charge is -2.46. The van der Waals surface area contributed by atoms with E-state index in [2.05, 4.69) is 43.5 Å². The number of unbranched alkanes of at least 4 members (excludes halogenated alkanes) is 41. The molecule has 0 aromatic carbocycles. The van der Waals surface area contributed by atoms with E-state index in [1.807, 2.05) is 0 Å². The normalized spacial score (nSPS) is 23.9. The van der Waals surface area contributed by atoms with Crippen LogP contribution in [0.3, 0.4) is 0 Å². The highest BCUT2D eigenvalue weighted by atomic mass is 16.7. The number of amides is 1. The van der Waals surface area contributed by atoms with Crippen LogP contribution in [0.5, 0.6) is 0 Å². The molecular formula is C69H131NO13. The lowest BCUT2D eigenvalue weighted by atomic mass is 9.97. The molecule has 0 saturated carbocycles. The Balaban J connectivity index is 1.47. The van der Waals surface area contributed by atoms with Gasteiger partial charge in [0.15, 0.2) is 12.6 Å². The quantitative estimate of drug-likeness (QED) is 0.0204. The minimum absolute atomic E-state index is 0.204. The average molecular weight is 1180 g/mol. The molecule has 9 N–H and O–H groups in total. The fourth-order valence-corrected chi connectivity index (χ4v) is 11.8. The fourth-order valence-electron chi connectivity index (χ4n) is 11.8. The Morgan fingerprint density at radius 3 is 1.20 bits per heavy atom. The van der Waals surface area contributed by atoms with Crippen LogP contribution < -0.4 is 5.32 Å². The van der Waals surface area contributed by atoms with Gasteiger partial charge in [0.05, 0.1) is 32.0 Å². The number of carbonyl (C=O) groups is 1. The van der Waals surface area contributed by atoms with Gasteiger partial charge in [-0.15, -0.1) is 0 Å². The molecule has 490 valence electrons. The van der Waals surface area contributed by atoms with Gasteiger partial charge in [-0.05, 0) is 44.9 Å². The molecular weight excluding hydrogens is 1050 g/mol. The largest absolute Gasteiger partial charge is 0.394 e. The Hall–Kier alpha value is -1.53. The highest BCUT2D eigenvalue weighted by Gasteiger charge is 2.51. The van der Waals surface area contributed by atoms with Gasteiger partial charge < -0.3 is 65.1 Å². The van der Waals surface area contributed by atoms with E-state index in [0.29, 0.717) is 12.8 Å². The molecule has 2 heterocycles. The van der Waals surface area contributed by atoms with Crippen molar-refractivity contribution in [2.24, 2.45) is 0 Å². The second-order valence-electron chi connectivity index (χ2n) is 25.0.